The molecule has 0 saturated heterocycles. The molecule has 3 heteroatoms. The highest BCUT2D eigenvalue weighted by Crippen LogP contribution is 2.30. The summed E-state index contributed by atoms with van der Waals surface area (Å²) in [6.07, 6.45) is 13.0. The molecule has 1 aromatic heterocycles. The summed E-state index contributed by atoms with van der Waals surface area (Å²) >= 11 is 0. The van der Waals surface area contributed by atoms with E-state index in [4.69, 9.17) is 5.10 Å². The van der Waals surface area contributed by atoms with Crippen LogP contribution < -0.4 is 0 Å². The third kappa shape index (κ3) is 2.77. The maximum Gasteiger partial charge on any atom is 0.0627 e. The summed E-state index contributed by atoms with van der Waals surface area (Å²) in [6, 6.07) is 2.82. The van der Waals surface area contributed by atoms with Crippen molar-refractivity contribution in [2.24, 2.45) is 5.92 Å². The van der Waals surface area contributed by atoms with Gasteiger partial charge in [0.25, 0.3) is 0 Å². The second kappa shape index (κ2) is 5.43. The Hall–Kier alpha value is -0.830. The van der Waals surface area contributed by atoms with Gasteiger partial charge in [-0.25, -0.2) is 0 Å². The van der Waals surface area contributed by atoms with Crippen molar-refractivity contribution in [3.8, 4) is 0 Å². The first-order valence-corrected chi connectivity index (χ1v) is 7.53. The van der Waals surface area contributed by atoms with Gasteiger partial charge in [0.2, 0.25) is 0 Å². The lowest BCUT2D eigenvalue weighted by Gasteiger charge is -2.21. The summed E-state index contributed by atoms with van der Waals surface area (Å²) < 4.78 is 2.19. The lowest BCUT2D eigenvalue weighted by molar-refractivity contribution is 0.177. The van der Waals surface area contributed by atoms with Crippen LogP contribution in [-0.2, 0) is 6.42 Å². The fourth-order valence-corrected chi connectivity index (χ4v) is 3.56. The number of hydrogen-bond acceptors (Lipinski definition) is 2. The zero-order valence-corrected chi connectivity index (χ0v) is 11.1. The second-order valence-electron chi connectivity index (χ2n) is 6.12. The van der Waals surface area contributed by atoms with Gasteiger partial charge in [-0.05, 0) is 50.5 Å². The molecule has 3 rings (SSSR count). The molecule has 2 saturated carbocycles. The van der Waals surface area contributed by atoms with Crippen molar-refractivity contribution in [1.29, 1.82) is 0 Å². The largest absolute Gasteiger partial charge is 0.393 e. The molecule has 2 aliphatic carbocycles. The van der Waals surface area contributed by atoms with Crippen LogP contribution in [0.25, 0.3) is 0 Å². The van der Waals surface area contributed by atoms with Crippen LogP contribution in [0, 0.1) is 5.92 Å². The molecule has 2 aliphatic rings. The molecular formula is C15H24N2O. The van der Waals surface area contributed by atoms with Crippen molar-refractivity contribution < 1.29 is 5.11 Å². The molecule has 1 N–H and O–H groups in total. The minimum atomic E-state index is -0.0598. The van der Waals surface area contributed by atoms with E-state index < -0.39 is 0 Å². The summed E-state index contributed by atoms with van der Waals surface area (Å²) in [5, 5.41) is 14.3. The lowest BCUT2D eigenvalue weighted by atomic mass is 9.96. The Balaban J connectivity index is 1.59. The number of aromatic nitrogens is 2. The first-order chi connectivity index (χ1) is 8.81. The lowest BCUT2D eigenvalue weighted by Crippen LogP contribution is -2.13. The Morgan fingerprint density at radius 2 is 2.00 bits per heavy atom. The standard InChI is InChI=1S/C15H24N2O/c18-15-7-6-12(11-15)10-13-8-9-17(16-13)14-4-2-1-3-5-14/h8-9,12,14-15,18H,1-7,10-11H2. The number of rotatable bonds is 3. The van der Waals surface area contributed by atoms with Gasteiger partial charge in [0.1, 0.15) is 0 Å². The molecule has 100 valence electrons. The molecule has 3 nitrogen and oxygen atoms in total. The molecule has 1 heterocycles. The number of aliphatic hydroxyl groups excluding tert-OH is 1. The Morgan fingerprint density at radius 1 is 1.17 bits per heavy atom. The van der Waals surface area contributed by atoms with Crippen molar-refractivity contribution in [1.82, 2.24) is 9.78 Å². The number of nitrogens with zero attached hydrogens (tertiary/aromatic N) is 2. The van der Waals surface area contributed by atoms with E-state index in [1.165, 1.54) is 37.8 Å². The smallest absolute Gasteiger partial charge is 0.0627 e. The molecule has 0 bridgehead atoms. The van der Waals surface area contributed by atoms with Crippen LogP contribution in [0.3, 0.4) is 0 Å². The van der Waals surface area contributed by atoms with Gasteiger partial charge in [0, 0.05) is 6.20 Å². The van der Waals surface area contributed by atoms with E-state index in [1.54, 1.807) is 0 Å². The van der Waals surface area contributed by atoms with Gasteiger partial charge in [-0.1, -0.05) is 19.3 Å². The third-order valence-electron chi connectivity index (χ3n) is 4.62. The average Bonchev–Trinajstić information content (AvgIpc) is 3.01. The zero-order chi connectivity index (χ0) is 12.4. The predicted octanol–water partition coefficient (Wildman–Crippen LogP) is 3.09. The van der Waals surface area contributed by atoms with Gasteiger partial charge in [0.05, 0.1) is 17.8 Å². The van der Waals surface area contributed by atoms with Gasteiger partial charge in [-0.2, -0.15) is 5.10 Å². The zero-order valence-electron chi connectivity index (χ0n) is 11.1. The van der Waals surface area contributed by atoms with Crippen LogP contribution in [0.5, 0.6) is 0 Å². The average molecular weight is 248 g/mol. The van der Waals surface area contributed by atoms with Crippen LogP contribution in [0.4, 0.5) is 0 Å². The van der Waals surface area contributed by atoms with E-state index in [1.807, 2.05) is 0 Å². The van der Waals surface area contributed by atoms with Crippen molar-refractivity contribution in [2.75, 3.05) is 0 Å². The molecular weight excluding hydrogens is 224 g/mol. The summed E-state index contributed by atoms with van der Waals surface area (Å²) in [5.41, 5.74) is 1.22. The first kappa shape index (κ1) is 12.2. The van der Waals surface area contributed by atoms with Crippen LogP contribution >= 0.6 is 0 Å². The van der Waals surface area contributed by atoms with Gasteiger partial charge < -0.3 is 5.11 Å². The number of hydrogen-bond donors (Lipinski definition) is 1. The third-order valence-corrected chi connectivity index (χ3v) is 4.62. The molecule has 2 atom stereocenters. The van der Waals surface area contributed by atoms with Crippen LogP contribution in [0.15, 0.2) is 12.3 Å². The van der Waals surface area contributed by atoms with Crippen LogP contribution in [-0.4, -0.2) is 21.0 Å². The van der Waals surface area contributed by atoms with E-state index in [9.17, 15) is 5.11 Å². The molecule has 2 fully saturated rings. The highest BCUT2D eigenvalue weighted by molar-refractivity contribution is 5.02. The summed E-state index contributed by atoms with van der Waals surface area (Å²) in [7, 11) is 0. The Labute approximate surface area is 109 Å². The van der Waals surface area contributed by atoms with Crippen LogP contribution in [0.1, 0.15) is 63.1 Å². The van der Waals surface area contributed by atoms with E-state index >= 15 is 0 Å². The van der Waals surface area contributed by atoms with Crippen LogP contribution in [0.2, 0.25) is 0 Å². The Bertz CT molecular complexity index is 382. The molecule has 0 aromatic carbocycles. The van der Waals surface area contributed by atoms with Crippen molar-refractivity contribution in [3.63, 3.8) is 0 Å². The molecule has 1 aromatic rings. The molecule has 0 amide bonds. The van der Waals surface area contributed by atoms with Crippen molar-refractivity contribution in [3.05, 3.63) is 18.0 Å². The molecule has 18 heavy (non-hydrogen) atoms. The van der Waals surface area contributed by atoms with Crippen molar-refractivity contribution >= 4 is 0 Å². The predicted molar refractivity (Wildman–Crippen MR) is 71.4 cm³/mol. The highest BCUT2D eigenvalue weighted by Gasteiger charge is 2.24. The monoisotopic (exact) mass is 248 g/mol. The minimum Gasteiger partial charge on any atom is -0.393 e. The van der Waals surface area contributed by atoms with E-state index in [2.05, 4.69) is 16.9 Å². The minimum absolute atomic E-state index is 0.0598. The summed E-state index contributed by atoms with van der Waals surface area (Å²) in [4.78, 5) is 0. The Kier molecular flexibility index (Phi) is 3.69. The highest BCUT2D eigenvalue weighted by atomic mass is 16.3. The van der Waals surface area contributed by atoms with Gasteiger partial charge in [-0.3, -0.25) is 4.68 Å². The fourth-order valence-electron chi connectivity index (χ4n) is 3.56. The molecule has 0 radical (unpaired) electrons. The fraction of sp³-hybridized carbons (Fsp3) is 0.800. The van der Waals surface area contributed by atoms with E-state index in [-0.39, 0.29) is 6.10 Å². The normalized spacial score (nSPS) is 29.8. The maximum absolute atomic E-state index is 9.56. The van der Waals surface area contributed by atoms with Crippen molar-refractivity contribution in [2.45, 2.75) is 69.9 Å². The van der Waals surface area contributed by atoms with E-state index in [0.717, 1.165) is 25.7 Å². The topological polar surface area (TPSA) is 38.0 Å². The summed E-state index contributed by atoms with van der Waals surface area (Å²) in [6.45, 7) is 0. The van der Waals surface area contributed by atoms with Gasteiger partial charge in [0.15, 0.2) is 0 Å². The maximum atomic E-state index is 9.56. The second-order valence-corrected chi connectivity index (χ2v) is 6.12. The SMILES string of the molecule is OC1CCC(Cc2ccn(C3CCCCC3)n2)C1. The number of aliphatic hydroxyl groups is 1. The van der Waals surface area contributed by atoms with E-state index in [0.29, 0.717) is 12.0 Å². The van der Waals surface area contributed by atoms with Gasteiger partial charge in [-0.15, -0.1) is 0 Å². The van der Waals surface area contributed by atoms with Gasteiger partial charge >= 0.3 is 0 Å². The quantitative estimate of drug-likeness (QED) is 0.892. The molecule has 0 spiro atoms. The summed E-state index contributed by atoms with van der Waals surface area (Å²) in [5.74, 6) is 0.648. The Morgan fingerprint density at radius 3 is 2.72 bits per heavy atom. The molecule has 2 unspecified atom stereocenters. The molecule has 0 aliphatic heterocycles. The first-order valence-electron chi connectivity index (χ1n) is 7.53.